The van der Waals surface area contributed by atoms with Crippen LogP contribution in [-0.2, 0) is 0 Å². The Balaban J connectivity index is 1.92. The highest BCUT2D eigenvalue weighted by atomic mass is 32.1. The van der Waals surface area contributed by atoms with Gasteiger partial charge in [0.2, 0.25) is 0 Å². The van der Waals surface area contributed by atoms with Gasteiger partial charge in [-0.05, 0) is 31.2 Å². The molecule has 0 unspecified atom stereocenters. The van der Waals surface area contributed by atoms with Gasteiger partial charge in [-0.3, -0.25) is 4.98 Å². The van der Waals surface area contributed by atoms with Crippen molar-refractivity contribution < 1.29 is 0 Å². The zero-order valence-electron chi connectivity index (χ0n) is 10.1. The Morgan fingerprint density at radius 1 is 0.947 bits per heavy atom. The first-order chi connectivity index (χ1) is 9.29. The fraction of sp³-hybridized carbons (Fsp3) is 0.0714. The van der Waals surface area contributed by atoms with Gasteiger partial charge in [-0.2, -0.15) is 0 Å². The summed E-state index contributed by atoms with van der Waals surface area (Å²) in [6.45, 7) is 2.04. The van der Waals surface area contributed by atoms with E-state index in [1.165, 1.54) is 9.40 Å². The summed E-state index contributed by atoms with van der Waals surface area (Å²) in [5.41, 5.74) is 3.18. The maximum Gasteiger partial charge on any atom is 0.124 e. The standard InChI is InChI=1S/C14H9N3S2/c1-8-16-10-3-2-9(6-13(10)18-8)14-17-11-7-15-5-4-12(11)19-14/h2-7H,1H3. The van der Waals surface area contributed by atoms with Crippen molar-refractivity contribution in [2.75, 3.05) is 0 Å². The predicted octanol–water partition coefficient (Wildman–Crippen LogP) is 4.28. The van der Waals surface area contributed by atoms with Gasteiger partial charge in [0.15, 0.2) is 0 Å². The molecule has 0 aliphatic rings. The molecule has 0 amide bonds. The highest BCUT2D eigenvalue weighted by Crippen LogP contribution is 2.32. The Kier molecular flexibility index (Phi) is 2.36. The molecule has 4 aromatic rings. The van der Waals surface area contributed by atoms with Gasteiger partial charge in [0.25, 0.3) is 0 Å². The van der Waals surface area contributed by atoms with Gasteiger partial charge in [0.05, 0.1) is 26.1 Å². The third kappa shape index (κ3) is 1.82. The molecule has 0 fully saturated rings. The van der Waals surface area contributed by atoms with Crippen LogP contribution in [0.4, 0.5) is 0 Å². The van der Waals surface area contributed by atoms with E-state index in [0.717, 1.165) is 26.6 Å². The average molecular weight is 283 g/mol. The van der Waals surface area contributed by atoms with E-state index < -0.39 is 0 Å². The van der Waals surface area contributed by atoms with Gasteiger partial charge in [0.1, 0.15) is 10.5 Å². The number of benzene rings is 1. The van der Waals surface area contributed by atoms with Crippen molar-refractivity contribution >= 4 is 43.1 Å². The van der Waals surface area contributed by atoms with Gasteiger partial charge in [-0.1, -0.05) is 0 Å². The van der Waals surface area contributed by atoms with Crippen LogP contribution in [0.25, 0.3) is 31.0 Å². The first kappa shape index (κ1) is 11.0. The second kappa shape index (κ2) is 4.08. The van der Waals surface area contributed by atoms with Crippen LogP contribution in [0.2, 0.25) is 0 Å². The molecule has 0 radical (unpaired) electrons. The molecule has 0 spiro atoms. The largest absolute Gasteiger partial charge is 0.262 e. The van der Waals surface area contributed by atoms with E-state index >= 15 is 0 Å². The minimum atomic E-state index is 0.961. The van der Waals surface area contributed by atoms with E-state index in [0.29, 0.717) is 0 Å². The van der Waals surface area contributed by atoms with Crippen molar-refractivity contribution in [3.05, 3.63) is 41.7 Å². The molecule has 0 bridgehead atoms. The maximum absolute atomic E-state index is 4.64. The molecular weight excluding hydrogens is 274 g/mol. The van der Waals surface area contributed by atoms with Gasteiger partial charge < -0.3 is 0 Å². The van der Waals surface area contributed by atoms with Crippen LogP contribution >= 0.6 is 22.7 Å². The number of hydrogen-bond donors (Lipinski definition) is 0. The highest BCUT2D eigenvalue weighted by Gasteiger charge is 2.08. The van der Waals surface area contributed by atoms with E-state index in [1.807, 2.05) is 19.2 Å². The molecule has 0 aliphatic carbocycles. The molecule has 19 heavy (non-hydrogen) atoms. The molecule has 4 rings (SSSR count). The molecule has 5 heteroatoms. The Morgan fingerprint density at radius 2 is 1.89 bits per heavy atom. The summed E-state index contributed by atoms with van der Waals surface area (Å²) < 4.78 is 2.39. The van der Waals surface area contributed by atoms with Crippen molar-refractivity contribution in [2.24, 2.45) is 0 Å². The Hall–Kier alpha value is -1.85. The molecule has 1 aromatic carbocycles. The summed E-state index contributed by atoms with van der Waals surface area (Å²) in [6, 6.07) is 8.34. The second-order valence-electron chi connectivity index (χ2n) is 4.28. The van der Waals surface area contributed by atoms with Crippen LogP contribution in [0.1, 0.15) is 5.01 Å². The van der Waals surface area contributed by atoms with Crippen LogP contribution in [0.5, 0.6) is 0 Å². The lowest BCUT2D eigenvalue weighted by Crippen LogP contribution is -1.76. The number of aromatic nitrogens is 3. The quantitative estimate of drug-likeness (QED) is 0.523. The summed E-state index contributed by atoms with van der Waals surface area (Å²) in [5.74, 6) is 0. The average Bonchev–Trinajstić information content (AvgIpc) is 2.99. The number of rotatable bonds is 1. The third-order valence-corrected chi connectivity index (χ3v) is 4.95. The highest BCUT2D eigenvalue weighted by molar-refractivity contribution is 7.21. The molecule has 3 nitrogen and oxygen atoms in total. The molecule has 0 aliphatic heterocycles. The van der Waals surface area contributed by atoms with Crippen LogP contribution in [0.15, 0.2) is 36.7 Å². The summed E-state index contributed by atoms with van der Waals surface area (Å²) in [5, 5.41) is 2.14. The van der Waals surface area contributed by atoms with Crippen LogP contribution in [-0.4, -0.2) is 15.0 Å². The first-order valence-electron chi connectivity index (χ1n) is 5.88. The van der Waals surface area contributed by atoms with E-state index in [4.69, 9.17) is 0 Å². The number of nitrogens with zero attached hydrogens (tertiary/aromatic N) is 3. The second-order valence-corrected chi connectivity index (χ2v) is 6.54. The summed E-state index contributed by atoms with van der Waals surface area (Å²) in [4.78, 5) is 13.2. The fourth-order valence-electron chi connectivity index (χ4n) is 2.08. The zero-order chi connectivity index (χ0) is 12.8. The molecule has 3 aromatic heterocycles. The van der Waals surface area contributed by atoms with Gasteiger partial charge in [0, 0.05) is 11.8 Å². The summed E-state index contributed by atoms with van der Waals surface area (Å²) in [7, 11) is 0. The minimum absolute atomic E-state index is 0.961. The minimum Gasteiger partial charge on any atom is -0.262 e. The molecule has 0 atom stereocenters. The molecule has 0 saturated carbocycles. The van der Waals surface area contributed by atoms with E-state index in [1.54, 1.807) is 28.9 Å². The molecule has 92 valence electrons. The van der Waals surface area contributed by atoms with Gasteiger partial charge in [-0.25, -0.2) is 9.97 Å². The van der Waals surface area contributed by atoms with Crippen molar-refractivity contribution in [2.45, 2.75) is 6.92 Å². The van der Waals surface area contributed by atoms with Crippen LogP contribution < -0.4 is 0 Å². The smallest absolute Gasteiger partial charge is 0.124 e. The lowest BCUT2D eigenvalue weighted by molar-refractivity contribution is 1.34. The number of pyridine rings is 1. The number of aryl methyl sites for hydroxylation is 1. The fourth-order valence-corrected chi connectivity index (χ4v) is 3.87. The van der Waals surface area contributed by atoms with E-state index in [9.17, 15) is 0 Å². The zero-order valence-corrected chi connectivity index (χ0v) is 11.8. The lowest BCUT2D eigenvalue weighted by atomic mass is 10.2. The Bertz CT molecular complexity index is 859. The molecular formula is C14H9N3S2. The number of hydrogen-bond acceptors (Lipinski definition) is 5. The topological polar surface area (TPSA) is 38.7 Å². The molecule has 3 heterocycles. The molecule has 0 saturated heterocycles. The summed E-state index contributed by atoms with van der Waals surface area (Å²) in [6.07, 6.45) is 3.62. The normalized spacial score (nSPS) is 11.4. The first-order valence-corrected chi connectivity index (χ1v) is 7.51. The van der Waals surface area contributed by atoms with Crippen molar-refractivity contribution in [1.82, 2.24) is 15.0 Å². The summed E-state index contributed by atoms with van der Waals surface area (Å²) >= 11 is 3.42. The molecule has 0 N–H and O–H groups in total. The van der Waals surface area contributed by atoms with E-state index in [-0.39, 0.29) is 0 Å². The SMILES string of the molecule is Cc1nc2ccc(-c3nc4cnccc4s3)cc2s1. The predicted molar refractivity (Wildman–Crippen MR) is 80.8 cm³/mol. The van der Waals surface area contributed by atoms with Crippen molar-refractivity contribution in [3.8, 4) is 10.6 Å². The third-order valence-electron chi connectivity index (χ3n) is 2.93. The Labute approximate surface area is 117 Å². The van der Waals surface area contributed by atoms with Crippen LogP contribution in [0, 0.1) is 6.92 Å². The lowest BCUT2D eigenvalue weighted by Gasteiger charge is -1.94. The maximum atomic E-state index is 4.64. The van der Waals surface area contributed by atoms with Gasteiger partial charge >= 0.3 is 0 Å². The number of thiazole rings is 2. The van der Waals surface area contributed by atoms with Crippen LogP contribution in [0.3, 0.4) is 0 Å². The monoisotopic (exact) mass is 283 g/mol. The van der Waals surface area contributed by atoms with E-state index in [2.05, 4.69) is 33.2 Å². The number of fused-ring (bicyclic) bond motifs is 2. The van der Waals surface area contributed by atoms with Crippen molar-refractivity contribution in [1.29, 1.82) is 0 Å². The van der Waals surface area contributed by atoms with Gasteiger partial charge in [-0.15, -0.1) is 22.7 Å². The van der Waals surface area contributed by atoms with Crippen molar-refractivity contribution in [3.63, 3.8) is 0 Å². The Morgan fingerprint density at radius 3 is 2.79 bits per heavy atom.